The Kier molecular flexibility index (Phi) is 4.78. The molecule has 0 unspecified atom stereocenters. The lowest BCUT2D eigenvalue weighted by molar-refractivity contribution is 0.128. The lowest BCUT2D eigenvalue weighted by Gasteiger charge is -2.31. The molecule has 1 aliphatic rings. The van der Waals surface area contributed by atoms with Crippen LogP contribution in [0.3, 0.4) is 0 Å². The molecule has 0 bridgehead atoms. The number of halogens is 1. The van der Waals surface area contributed by atoms with E-state index in [1.807, 2.05) is 13.0 Å². The second-order valence-corrected chi connectivity index (χ2v) is 5.16. The van der Waals surface area contributed by atoms with E-state index in [9.17, 15) is 0 Å². The predicted molar refractivity (Wildman–Crippen MR) is 73.0 cm³/mol. The normalized spacial score (nSPS) is 17.2. The average molecular weight is 270 g/mol. The van der Waals surface area contributed by atoms with Crippen molar-refractivity contribution in [1.82, 2.24) is 9.97 Å². The average Bonchev–Trinajstić information content (AvgIpc) is 2.36. The summed E-state index contributed by atoms with van der Waals surface area (Å²) in [4.78, 5) is 11.0. The van der Waals surface area contributed by atoms with Gasteiger partial charge in [-0.1, -0.05) is 18.5 Å². The first-order valence-electron chi connectivity index (χ1n) is 6.55. The lowest BCUT2D eigenvalue weighted by Crippen LogP contribution is -2.33. The SMILES string of the molecule is CCOCc1nc(Cl)cc(N2CCC(C)CC2)n1. The standard InChI is InChI=1S/C13H20ClN3O/c1-3-18-9-12-15-11(14)8-13(16-12)17-6-4-10(2)5-7-17/h8,10H,3-7,9H2,1-2H3. The zero-order chi connectivity index (χ0) is 13.0. The molecule has 0 saturated carbocycles. The van der Waals surface area contributed by atoms with E-state index in [2.05, 4.69) is 21.8 Å². The van der Waals surface area contributed by atoms with Crippen molar-refractivity contribution in [3.63, 3.8) is 0 Å². The van der Waals surface area contributed by atoms with Crippen LogP contribution >= 0.6 is 11.6 Å². The molecule has 0 aromatic carbocycles. The van der Waals surface area contributed by atoms with Gasteiger partial charge in [0.25, 0.3) is 0 Å². The van der Waals surface area contributed by atoms with Crippen molar-refractivity contribution in [2.45, 2.75) is 33.3 Å². The van der Waals surface area contributed by atoms with E-state index in [-0.39, 0.29) is 0 Å². The number of ether oxygens (including phenoxy) is 1. The Hall–Kier alpha value is -0.870. The van der Waals surface area contributed by atoms with Crippen LogP contribution in [-0.4, -0.2) is 29.7 Å². The summed E-state index contributed by atoms with van der Waals surface area (Å²) in [5.74, 6) is 2.40. The third-order valence-corrected chi connectivity index (χ3v) is 3.46. The fourth-order valence-corrected chi connectivity index (χ4v) is 2.30. The highest BCUT2D eigenvalue weighted by atomic mass is 35.5. The molecule has 100 valence electrons. The van der Waals surface area contributed by atoms with E-state index in [1.54, 1.807) is 0 Å². The molecule has 1 aliphatic heterocycles. The molecule has 0 amide bonds. The number of anilines is 1. The van der Waals surface area contributed by atoms with Gasteiger partial charge in [0.15, 0.2) is 5.82 Å². The maximum atomic E-state index is 6.04. The highest BCUT2D eigenvalue weighted by Crippen LogP contribution is 2.23. The molecule has 0 N–H and O–H groups in total. The number of nitrogens with zero attached hydrogens (tertiary/aromatic N) is 3. The van der Waals surface area contributed by atoms with Gasteiger partial charge in [-0.2, -0.15) is 0 Å². The number of piperidine rings is 1. The minimum Gasteiger partial charge on any atom is -0.374 e. The van der Waals surface area contributed by atoms with E-state index in [1.165, 1.54) is 12.8 Å². The third-order valence-electron chi connectivity index (χ3n) is 3.27. The van der Waals surface area contributed by atoms with Crippen molar-refractivity contribution in [3.8, 4) is 0 Å². The number of rotatable bonds is 4. The van der Waals surface area contributed by atoms with Crippen molar-refractivity contribution in [1.29, 1.82) is 0 Å². The summed E-state index contributed by atoms with van der Waals surface area (Å²) in [7, 11) is 0. The Labute approximate surface area is 113 Å². The van der Waals surface area contributed by atoms with E-state index in [4.69, 9.17) is 16.3 Å². The molecule has 18 heavy (non-hydrogen) atoms. The number of hydrogen-bond acceptors (Lipinski definition) is 4. The van der Waals surface area contributed by atoms with Crippen molar-refractivity contribution in [2.75, 3.05) is 24.6 Å². The Morgan fingerprint density at radius 1 is 1.39 bits per heavy atom. The van der Waals surface area contributed by atoms with Crippen molar-refractivity contribution < 1.29 is 4.74 Å². The molecule has 1 fully saturated rings. The molecule has 0 atom stereocenters. The summed E-state index contributed by atoms with van der Waals surface area (Å²) in [6.07, 6.45) is 2.42. The van der Waals surface area contributed by atoms with Gasteiger partial charge in [0.2, 0.25) is 0 Å². The second-order valence-electron chi connectivity index (χ2n) is 4.77. The molecule has 0 radical (unpaired) electrons. The summed E-state index contributed by atoms with van der Waals surface area (Å²) < 4.78 is 5.33. The van der Waals surface area contributed by atoms with Gasteiger partial charge in [-0.15, -0.1) is 0 Å². The first kappa shape index (κ1) is 13.6. The van der Waals surface area contributed by atoms with Crippen molar-refractivity contribution in [2.24, 2.45) is 5.92 Å². The van der Waals surface area contributed by atoms with Gasteiger partial charge in [-0.3, -0.25) is 0 Å². The monoisotopic (exact) mass is 269 g/mol. The van der Waals surface area contributed by atoms with Gasteiger partial charge in [0, 0.05) is 25.8 Å². The molecule has 1 saturated heterocycles. The van der Waals surface area contributed by atoms with E-state index in [0.717, 1.165) is 24.8 Å². The smallest absolute Gasteiger partial charge is 0.158 e. The fourth-order valence-electron chi connectivity index (χ4n) is 2.11. The molecule has 0 spiro atoms. The maximum absolute atomic E-state index is 6.04. The van der Waals surface area contributed by atoms with Crippen LogP contribution in [0.1, 0.15) is 32.5 Å². The quantitative estimate of drug-likeness (QED) is 0.788. The number of aromatic nitrogens is 2. The highest BCUT2D eigenvalue weighted by molar-refractivity contribution is 6.29. The zero-order valence-corrected chi connectivity index (χ0v) is 11.8. The van der Waals surface area contributed by atoms with E-state index < -0.39 is 0 Å². The van der Waals surface area contributed by atoms with Crippen LogP contribution in [0.5, 0.6) is 0 Å². The first-order chi connectivity index (χ1) is 8.69. The summed E-state index contributed by atoms with van der Waals surface area (Å²) in [5, 5.41) is 0.494. The van der Waals surface area contributed by atoms with Gasteiger partial charge in [0.1, 0.15) is 17.6 Å². The minimum absolute atomic E-state index is 0.425. The summed E-state index contributed by atoms with van der Waals surface area (Å²) in [5.41, 5.74) is 0. The summed E-state index contributed by atoms with van der Waals surface area (Å²) in [6, 6.07) is 1.84. The van der Waals surface area contributed by atoms with Crippen molar-refractivity contribution in [3.05, 3.63) is 17.0 Å². The Morgan fingerprint density at radius 3 is 2.78 bits per heavy atom. The molecule has 1 aromatic rings. The van der Waals surface area contributed by atoms with Gasteiger partial charge in [-0.05, 0) is 25.7 Å². The largest absolute Gasteiger partial charge is 0.374 e. The highest BCUT2D eigenvalue weighted by Gasteiger charge is 2.18. The van der Waals surface area contributed by atoms with Crippen LogP contribution < -0.4 is 4.90 Å². The molecule has 0 aliphatic carbocycles. The van der Waals surface area contributed by atoms with Gasteiger partial charge >= 0.3 is 0 Å². The second kappa shape index (κ2) is 6.34. The first-order valence-corrected chi connectivity index (χ1v) is 6.93. The van der Waals surface area contributed by atoms with Crippen LogP contribution in [0.2, 0.25) is 5.15 Å². The Bertz CT molecular complexity index is 392. The van der Waals surface area contributed by atoms with Crippen LogP contribution in [0.15, 0.2) is 6.07 Å². The molecule has 2 heterocycles. The van der Waals surface area contributed by atoms with Crippen LogP contribution in [0.4, 0.5) is 5.82 Å². The summed E-state index contributed by atoms with van der Waals surface area (Å²) in [6.45, 7) is 7.42. The number of hydrogen-bond donors (Lipinski definition) is 0. The van der Waals surface area contributed by atoms with Crippen LogP contribution in [0.25, 0.3) is 0 Å². The Morgan fingerprint density at radius 2 is 2.11 bits per heavy atom. The van der Waals surface area contributed by atoms with Crippen LogP contribution in [0, 0.1) is 5.92 Å². The molecular formula is C13H20ClN3O. The molecule has 1 aromatic heterocycles. The zero-order valence-electron chi connectivity index (χ0n) is 11.0. The van der Waals surface area contributed by atoms with Crippen LogP contribution in [-0.2, 0) is 11.3 Å². The maximum Gasteiger partial charge on any atom is 0.158 e. The lowest BCUT2D eigenvalue weighted by atomic mass is 9.99. The molecule has 4 nitrogen and oxygen atoms in total. The molecular weight excluding hydrogens is 250 g/mol. The van der Waals surface area contributed by atoms with E-state index in [0.29, 0.717) is 24.2 Å². The van der Waals surface area contributed by atoms with Gasteiger partial charge in [-0.25, -0.2) is 9.97 Å². The predicted octanol–water partition coefficient (Wildman–Crippen LogP) is 2.90. The topological polar surface area (TPSA) is 38.2 Å². The van der Waals surface area contributed by atoms with Gasteiger partial charge in [0.05, 0.1) is 0 Å². The van der Waals surface area contributed by atoms with Crippen molar-refractivity contribution >= 4 is 17.4 Å². The van der Waals surface area contributed by atoms with Gasteiger partial charge < -0.3 is 9.64 Å². The Balaban J connectivity index is 2.09. The third kappa shape index (κ3) is 3.56. The molecule has 2 rings (SSSR count). The van der Waals surface area contributed by atoms with E-state index >= 15 is 0 Å². The summed E-state index contributed by atoms with van der Waals surface area (Å²) >= 11 is 6.04. The fraction of sp³-hybridized carbons (Fsp3) is 0.692. The minimum atomic E-state index is 0.425. The molecule has 5 heteroatoms.